The van der Waals surface area contributed by atoms with Crippen LogP contribution in [0.2, 0.25) is 0 Å². The topological polar surface area (TPSA) is 115 Å². The lowest BCUT2D eigenvalue weighted by Crippen LogP contribution is -2.30. The summed E-state index contributed by atoms with van der Waals surface area (Å²) in [6, 6.07) is 0. The first-order valence-corrected chi connectivity index (χ1v) is 22.0. The Kier molecular flexibility index (Phi) is 38.7. The van der Waals surface area contributed by atoms with Crippen LogP contribution in [0.3, 0.4) is 0 Å². The van der Waals surface area contributed by atoms with Crippen molar-refractivity contribution in [3.8, 4) is 0 Å². The van der Waals surface area contributed by atoms with Crippen LogP contribution in [0.1, 0.15) is 200 Å². The molecule has 0 fully saturated rings. The van der Waals surface area contributed by atoms with Gasteiger partial charge in [0.25, 0.3) is 0 Å². The molecule has 0 aliphatic heterocycles. The molecule has 9 nitrogen and oxygen atoms in total. The molecule has 3 atom stereocenters. The second-order valence-electron chi connectivity index (χ2n) is 15.3. The average Bonchev–Trinajstić information content (AvgIpc) is 3.14. The van der Waals surface area contributed by atoms with E-state index in [9.17, 15) is 19.8 Å². The van der Waals surface area contributed by atoms with Gasteiger partial charge in [-0.05, 0) is 78.3 Å². The molecule has 0 aromatic heterocycles. The van der Waals surface area contributed by atoms with Crippen molar-refractivity contribution >= 4 is 12.1 Å². The van der Waals surface area contributed by atoms with Crippen molar-refractivity contribution in [3.05, 3.63) is 12.2 Å². The molecule has 2 N–H and O–H groups in total. The number of unbranched alkanes of at least 4 members (excludes halogenated alkanes) is 21. The smallest absolute Gasteiger partial charge is 0.457 e. The highest BCUT2D eigenvalue weighted by molar-refractivity contribution is 5.69. The Bertz CT molecular complexity index is 823. The second-order valence-corrected chi connectivity index (χ2v) is 15.3. The molecule has 3 unspecified atom stereocenters. The molecule has 0 rings (SSSR count). The van der Waals surface area contributed by atoms with Crippen LogP contribution in [-0.4, -0.2) is 86.2 Å². The summed E-state index contributed by atoms with van der Waals surface area (Å²) in [5.41, 5.74) is 0. The van der Waals surface area contributed by atoms with Crippen LogP contribution in [0, 0.1) is 0 Å². The predicted molar refractivity (Wildman–Crippen MR) is 218 cm³/mol. The van der Waals surface area contributed by atoms with Gasteiger partial charge in [-0.25, -0.2) is 4.79 Å². The number of carbonyl (C=O) groups is 2. The van der Waals surface area contributed by atoms with Crippen LogP contribution in [0.5, 0.6) is 0 Å². The van der Waals surface area contributed by atoms with E-state index in [0.29, 0.717) is 19.3 Å². The van der Waals surface area contributed by atoms with E-state index >= 15 is 0 Å². The van der Waals surface area contributed by atoms with Crippen LogP contribution >= 0.6 is 0 Å². The summed E-state index contributed by atoms with van der Waals surface area (Å²) in [6.07, 6.45) is 33.3. The first-order valence-electron chi connectivity index (χ1n) is 22.0. The van der Waals surface area contributed by atoms with Gasteiger partial charge in [-0.2, -0.15) is 0 Å². The number of hydrogen-bond donors (Lipinski definition) is 2. The van der Waals surface area contributed by atoms with Crippen molar-refractivity contribution in [2.75, 3.05) is 40.5 Å². The number of allylic oxidation sites excluding steroid dienone is 2. The molecular weight excluding hydrogens is 670 g/mol. The van der Waals surface area contributed by atoms with E-state index in [2.05, 4.69) is 26.0 Å². The maximum atomic E-state index is 12.7. The van der Waals surface area contributed by atoms with Crippen LogP contribution in [0.25, 0.3) is 0 Å². The standard InChI is InChI=1S/C44H85NO8/c1-5-7-9-11-13-15-17-18-19-20-21-22-24-26-28-30-33-42(47)51-39-41(38-46)52-43(48)35-34-40(53-44(49)50-37-31-36-45(3)4)32-29-27-25-23-16-14-12-10-8-6-2/h15,17,40-42,46-47H,5-14,16,18-39H2,1-4H3/b17-15-. The third kappa shape index (κ3) is 38.4. The Morgan fingerprint density at radius 1 is 0.604 bits per heavy atom. The highest BCUT2D eigenvalue weighted by Gasteiger charge is 2.21. The van der Waals surface area contributed by atoms with Gasteiger partial charge in [0, 0.05) is 13.0 Å². The van der Waals surface area contributed by atoms with Crippen LogP contribution in [-0.2, 0) is 23.7 Å². The lowest BCUT2D eigenvalue weighted by molar-refractivity contribution is -0.167. The van der Waals surface area contributed by atoms with Gasteiger partial charge in [-0.1, -0.05) is 142 Å². The van der Waals surface area contributed by atoms with Gasteiger partial charge < -0.3 is 34.1 Å². The van der Waals surface area contributed by atoms with Gasteiger partial charge in [0.2, 0.25) is 0 Å². The number of hydrogen-bond acceptors (Lipinski definition) is 9. The summed E-state index contributed by atoms with van der Waals surface area (Å²) in [7, 11) is 3.94. The van der Waals surface area contributed by atoms with Gasteiger partial charge in [-0.15, -0.1) is 0 Å². The molecule has 0 spiro atoms. The molecule has 0 saturated heterocycles. The fourth-order valence-corrected chi connectivity index (χ4v) is 6.34. The lowest BCUT2D eigenvalue weighted by atomic mass is 10.0. The van der Waals surface area contributed by atoms with Gasteiger partial charge in [0.15, 0.2) is 6.29 Å². The van der Waals surface area contributed by atoms with Crippen molar-refractivity contribution < 1.29 is 38.7 Å². The van der Waals surface area contributed by atoms with Gasteiger partial charge in [0.05, 0.1) is 19.8 Å². The number of aliphatic hydroxyl groups excluding tert-OH is 2. The summed E-state index contributed by atoms with van der Waals surface area (Å²) < 4.78 is 21.8. The monoisotopic (exact) mass is 756 g/mol. The second kappa shape index (κ2) is 40.0. The maximum absolute atomic E-state index is 12.7. The number of esters is 1. The molecule has 0 radical (unpaired) electrons. The molecule has 53 heavy (non-hydrogen) atoms. The first kappa shape index (κ1) is 51.3. The quantitative estimate of drug-likeness (QED) is 0.0273. The summed E-state index contributed by atoms with van der Waals surface area (Å²) in [6.45, 7) is 5.11. The third-order valence-corrected chi connectivity index (χ3v) is 9.72. The largest absolute Gasteiger partial charge is 0.508 e. The molecule has 0 aliphatic rings. The Labute approximate surface area is 326 Å². The van der Waals surface area contributed by atoms with E-state index in [1.165, 1.54) is 116 Å². The summed E-state index contributed by atoms with van der Waals surface area (Å²) in [5, 5.41) is 20.1. The maximum Gasteiger partial charge on any atom is 0.508 e. The van der Waals surface area contributed by atoms with Crippen molar-refractivity contribution in [2.45, 2.75) is 219 Å². The molecule has 0 amide bonds. The van der Waals surface area contributed by atoms with Crippen LogP contribution in [0.15, 0.2) is 12.2 Å². The molecule has 0 aromatic carbocycles. The fourth-order valence-electron chi connectivity index (χ4n) is 6.34. The van der Waals surface area contributed by atoms with Crippen LogP contribution in [0.4, 0.5) is 4.79 Å². The van der Waals surface area contributed by atoms with Crippen molar-refractivity contribution in [1.29, 1.82) is 0 Å². The number of ether oxygens (including phenoxy) is 4. The van der Waals surface area contributed by atoms with Crippen molar-refractivity contribution in [3.63, 3.8) is 0 Å². The van der Waals surface area contributed by atoms with Crippen molar-refractivity contribution in [2.24, 2.45) is 0 Å². The van der Waals surface area contributed by atoms with E-state index in [0.717, 1.165) is 51.5 Å². The Balaban J connectivity index is 4.24. The third-order valence-electron chi connectivity index (χ3n) is 9.72. The average molecular weight is 756 g/mol. The lowest BCUT2D eigenvalue weighted by Gasteiger charge is -2.20. The summed E-state index contributed by atoms with van der Waals surface area (Å²) >= 11 is 0. The molecule has 0 saturated carbocycles. The highest BCUT2D eigenvalue weighted by Crippen LogP contribution is 2.18. The van der Waals surface area contributed by atoms with Gasteiger partial charge in [0.1, 0.15) is 12.2 Å². The highest BCUT2D eigenvalue weighted by atomic mass is 16.7. The van der Waals surface area contributed by atoms with E-state index < -0.39 is 37.2 Å². The Morgan fingerprint density at radius 2 is 1.09 bits per heavy atom. The number of rotatable bonds is 40. The normalized spacial score (nSPS) is 13.4. The van der Waals surface area contributed by atoms with E-state index in [4.69, 9.17) is 18.9 Å². The number of nitrogens with zero attached hydrogens (tertiary/aromatic N) is 1. The molecule has 0 aromatic rings. The number of carbonyl (C=O) groups excluding carboxylic acids is 2. The number of aliphatic hydroxyl groups is 2. The minimum atomic E-state index is -0.954. The summed E-state index contributed by atoms with van der Waals surface area (Å²) in [5.74, 6) is -0.493. The zero-order chi connectivity index (χ0) is 39.0. The molecular formula is C44H85NO8. The minimum Gasteiger partial charge on any atom is -0.457 e. The molecule has 314 valence electrons. The molecule has 0 bridgehead atoms. The molecule has 0 aliphatic carbocycles. The fraction of sp³-hybridized carbons (Fsp3) is 0.909. The predicted octanol–water partition coefficient (Wildman–Crippen LogP) is 11.2. The SMILES string of the molecule is CCCCCC/C=C\CCCCCCCCCCC(O)OCC(CO)OC(=O)CCC(CCCCCCCCCCCC)OC(=O)OCCCN(C)C. The summed E-state index contributed by atoms with van der Waals surface area (Å²) in [4.78, 5) is 27.1. The molecule has 0 heterocycles. The van der Waals surface area contributed by atoms with Crippen LogP contribution < -0.4 is 0 Å². The van der Waals surface area contributed by atoms with E-state index in [1.54, 1.807) is 0 Å². The van der Waals surface area contributed by atoms with Crippen molar-refractivity contribution in [1.82, 2.24) is 4.90 Å². The van der Waals surface area contributed by atoms with Gasteiger partial charge >= 0.3 is 12.1 Å². The van der Waals surface area contributed by atoms with E-state index in [-0.39, 0.29) is 19.6 Å². The Hall–Kier alpha value is -1.68. The Morgan fingerprint density at radius 3 is 1.62 bits per heavy atom. The zero-order valence-electron chi connectivity index (χ0n) is 35.0. The van der Waals surface area contributed by atoms with Gasteiger partial charge in [-0.3, -0.25) is 4.79 Å². The minimum absolute atomic E-state index is 0.0473. The molecule has 9 heteroatoms. The first-order chi connectivity index (χ1) is 25.8. The zero-order valence-corrected chi connectivity index (χ0v) is 35.0. The van der Waals surface area contributed by atoms with E-state index in [1.807, 2.05) is 19.0 Å².